The van der Waals surface area contributed by atoms with Gasteiger partial charge in [0, 0.05) is 10.0 Å². The van der Waals surface area contributed by atoms with E-state index in [-0.39, 0.29) is 0 Å². The first kappa shape index (κ1) is 9.94. The van der Waals surface area contributed by atoms with Crippen LogP contribution in [-0.4, -0.2) is 6.29 Å². The van der Waals surface area contributed by atoms with E-state index in [1.165, 1.54) is 5.56 Å². The van der Waals surface area contributed by atoms with E-state index in [0.717, 1.165) is 29.2 Å². The Hall–Kier alpha value is -0.600. The van der Waals surface area contributed by atoms with Gasteiger partial charge in [0.1, 0.15) is 6.29 Å². The zero-order valence-corrected chi connectivity index (χ0v) is 9.73. The van der Waals surface area contributed by atoms with Crippen LogP contribution in [0.2, 0.25) is 0 Å². The second kappa shape index (κ2) is 3.87. The summed E-state index contributed by atoms with van der Waals surface area (Å²) in [7, 11) is 0. The third-order valence-electron chi connectivity index (χ3n) is 2.40. The lowest BCUT2D eigenvalue weighted by Gasteiger charge is -2.16. The van der Waals surface area contributed by atoms with E-state index in [2.05, 4.69) is 15.9 Å². The molecule has 14 heavy (non-hydrogen) atoms. The topological polar surface area (TPSA) is 17.1 Å². The van der Waals surface area contributed by atoms with E-state index in [1.54, 1.807) is 0 Å². The van der Waals surface area contributed by atoms with Crippen LogP contribution < -0.4 is 0 Å². The Bertz CT molecular complexity index is 423. The van der Waals surface area contributed by atoms with Crippen molar-refractivity contribution in [3.05, 3.63) is 39.4 Å². The zero-order chi connectivity index (χ0) is 10.1. The second-order valence-electron chi connectivity index (χ2n) is 3.26. The molecule has 0 heterocycles. The van der Waals surface area contributed by atoms with E-state index in [1.807, 2.05) is 18.2 Å². The van der Waals surface area contributed by atoms with Crippen LogP contribution >= 0.6 is 27.5 Å². The molecule has 3 heteroatoms. The molecule has 0 unspecified atom stereocenters. The molecule has 2 rings (SSSR count). The lowest BCUT2D eigenvalue weighted by molar-refractivity contribution is -0.105. The second-order valence-corrected chi connectivity index (χ2v) is 4.55. The molecule has 0 saturated carbocycles. The molecule has 1 aromatic rings. The van der Waals surface area contributed by atoms with Crippen molar-refractivity contribution in [1.82, 2.24) is 0 Å². The summed E-state index contributed by atoms with van der Waals surface area (Å²) in [6.07, 6.45) is 2.50. The van der Waals surface area contributed by atoms with Gasteiger partial charge in [0.25, 0.3) is 0 Å². The summed E-state index contributed by atoms with van der Waals surface area (Å²) < 4.78 is 0.988. The van der Waals surface area contributed by atoms with Crippen LogP contribution in [0, 0.1) is 0 Å². The summed E-state index contributed by atoms with van der Waals surface area (Å²) in [5.41, 5.74) is 2.90. The number of carbonyl (C=O) groups excluding carboxylic acids is 1. The highest BCUT2D eigenvalue weighted by molar-refractivity contribution is 9.10. The van der Waals surface area contributed by atoms with Crippen molar-refractivity contribution in [2.75, 3.05) is 0 Å². The van der Waals surface area contributed by atoms with Crippen LogP contribution in [0.15, 0.2) is 28.2 Å². The van der Waals surface area contributed by atoms with Crippen LogP contribution in [0.3, 0.4) is 0 Å². The third-order valence-corrected chi connectivity index (χ3v) is 3.34. The molecular formula is C11H8BrClO. The third kappa shape index (κ3) is 1.64. The molecule has 1 nitrogen and oxygen atoms in total. The summed E-state index contributed by atoms with van der Waals surface area (Å²) in [5, 5.41) is 0.600. The highest BCUT2D eigenvalue weighted by atomic mass is 79.9. The van der Waals surface area contributed by atoms with Crippen molar-refractivity contribution in [3.8, 4) is 0 Å². The quantitative estimate of drug-likeness (QED) is 0.714. The van der Waals surface area contributed by atoms with Crippen LogP contribution in [0.5, 0.6) is 0 Å². The van der Waals surface area contributed by atoms with Gasteiger partial charge in [-0.05, 0) is 36.1 Å². The monoisotopic (exact) mass is 270 g/mol. The first-order valence-corrected chi connectivity index (χ1v) is 5.52. The summed E-state index contributed by atoms with van der Waals surface area (Å²) >= 11 is 9.50. The number of carbonyl (C=O) groups is 1. The minimum atomic E-state index is 0.600. The van der Waals surface area contributed by atoms with E-state index in [9.17, 15) is 4.79 Å². The molecule has 0 radical (unpaired) electrons. The van der Waals surface area contributed by atoms with Gasteiger partial charge in [-0.1, -0.05) is 33.6 Å². The van der Waals surface area contributed by atoms with Gasteiger partial charge >= 0.3 is 0 Å². The average molecular weight is 272 g/mol. The molecule has 72 valence electrons. The first-order valence-electron chi connectivity index (χ1n) is 4.35. The molecule has 0 N–H and O–H groups in total. The van der Waals surface area contributed by atoms with Gasteiger partial charge in [0.15, 0.2) is 0 Å². The Balaban J connectivity index is 2.60. The van der Waals surface area contributed by atoms with Crippen molar-refractivity contribution in [2.45, 2.75) is 12.8 Å². The average Bonchev–Trinajstić information content (AvgIpc) is 2.20. The molecule has 0 aliphatic heterocycles. The van der Waals surface area contributed by atoms with Crippen LogP contribution in [0.4, 0.5) is 0 Å². The fourth-order valence-corrected chi connectivity index (χ4v) is 2.31. The number of rotatable bonds is 1. The molecule has 1 aliphatic carbocycles. The van der Waals surface area contributed by atoms with Gasteiger partial charge < -0.3 is 0 Å². The maximum Gasteiger partial charge on any atom is 0.147 e. The number of allylic oxidation sites excluding steroid dienone is 1. The van der Waals surface area contributed by atoms with E-state index in [4.69, 9.17) is 11.6 Å². The lowest BCUT2D eigenvalue weighted by Crippen LogP contribution is -2.03. The summed E-state index contributed by atoms with van der Waals surface area (Å²) in [6.45, 7) is 0. The smallest absolute Gasteiger partial charge is 0.147 e. The largest absolute Gasteiger partial charge is 0.298 e. The molecule has 0 saturated heterocycles. The van der Waals surface area contributed by atoms with Crippen molar-refractivity contribution in [3.63, 3.8) is 0 Å². The predicted octanol–water partition coefficient (Wildman–Crippen LogP) is 3.54. The minimum absolute atomic E-state index is 0.600. The van der Waals surface area contributed by atoms with Gasteiger partial charge in [-0.3, -0.25) is 4.79 Å². The minimum Gasteiger partial charge on any atom is -0.298 e. The Morgan fingerprint density at radius 2 is 2.14 bits per heavy atom. The summed E-state index contributed by atoms with van der Waals surface area (Å²) in [6, 6.07) is 6.00. The number of benzene rings is 1. The fourth-order valence-electron chi connectivity index (χ4n) is 1.63. The van der Waals surface area contributed by atoms with Crippen molar-refractivity contribution in [2.24, 2.45) is 0 Å². The van der Waals surface area contributed by atoms with Gasteiger partial charge in [0.05, 0.1) is 5.03 Å². The highest BCUT2D eigenvalue weighted by Gasteiger charge is 2.16. The van der Waals surface area contributed by atoms with Gasteiger partial charge in [-0.25, -0.2) is 0 Å². The Kier molecular flexibility index (Phi) is 2.75. The Morgan fingerprint density at radius 3 is 2.86 bits per heavy atom. The number of aldehydes is 1. The van der Waals surface area contributed by atoms with Gasteiger partial charge in [-0.15, -0.1) is 0 Å². The Labute approximate surface area is 95.9 Å². The van der Waals surface area contributed by atoms with Crippen molar-refractivity contribution in [1.29, 1.82) is 0 Å². The Morgan fingerprint density at radius 1 is 1.36 bits per heavy atom. The van der Waals surface area contributed by atoms with Crippen LogP contribution in [-0.2, 0) is 11.2 Å². The van der Waals surface area contributed by atoms with Crippen LogP contribution in [0.1, 0.15) is 17.5 Å². The van der Waals surface area contributed by atoms with E-state index >= 15 is 0 Å². The molecule has 0 spiro atoms. The van der Waals surface area contributed by atoms with Crippen LogP contribution in [0.25, 0.3) is 5.03 Å². The summed E-state index contributed by atoms with van der Waals surface area (Å²) in [5.74, 6) is 0. The fraction of sp³-hybridized carbons (Fsp3) is 0.182. The number of fused-ring (bicyclic) bond motifs is 1. The van der Waals surface area contributed by atoms with Crippen molar-refractivity contribution >= 4 is 38.8 Å². The van der Waals surface area contributed by atoms with Gasteiger partial charge in [0.2, 0.25) is 0 Å². The maximum atomic E-state index is 10.7. The standard InChI is InChI=1S/C11H8BrClO/c12-9-4-3-7-1-2-8(6-14)11(13)10(7)5-9/h3-6H,1-2H2. The molecule has 1 aliphatic rings. The zero-order valence-electron chi connectivity index (χ0n) is 7.39. The predicted molar refractivity (Wildman–Crippen MR) is 61.3 cm³/mol. The number of halogens is 2. The number of hydrogen-bond donors (Lipinski definition) is 0. The van der Waals surface area contributed by atoms with E-state index < -0.39 is 0 Å². The maximum absolute atomic E-state index is 10.7. The molecule has 0 atom stereocenters. The SMILES string of the molecule is O=CC1=C(Cl)c2cc(Br)ccc2CC1. The molecular weight excluding hydrogens is 263 g/mol. The summed E-state index contributed by atoms with van der Waals surface area (Å²) in [4.78, 5) is 10.7. The molecule has 0 amide bonds. The normalized spacial score (nSPS) is 15.3. The number of hydrogen-bond acceptors (Lipinski definition) is 1. The lowest BCUT2D eigenvalue weighted by atomic mass is 9.93. The molecule has 0 aromatic heterocycles. The molecule has 0 bridgehead atoms. The molecule has 0 fully saturated rings. The molecule has 1 aromatic carbocycles. The van der Waals surface area contributed by atoms with Gasteiger partial charge in [-0.2, -0.15) is 0 Å². The first-order chi connectivity index (χ1) is 6.72. The van der Waals surface area contributed by atoms with E-state index in [0.29, 0.717) is 10.6 Å². The van der Waals surface area contributed by atoms with Crippen molar-refractivity contribution < 1.29 is 4.79 Å². The number of aryl methyl sites for hydroxylation is 1. The highest BCUT2D eigenvalue weighted by Crippen LogP contribution is 2.34.